The molecule has 0 saturated heterocycles. The Balaban J connectivity index is 2.01. The summed E-state index contributed by atoms with van der Waals surface area (Å²) in [6.45, 7) is 1.93. The lowest BCUT2D eigenvalue weighted by molar-refractivity contribution is 0.0919. The number of aromatic nitrogens is 2. The van der Waals surface area contributed by atoms with Crippen molar-refractivity contribution in [2.24, 2.45) is 0 Å². The number of carbonyl (C=O) groups excluding carboxylic acids is 1. The van der Waals surface area contributed by atoms with E-state index in [0.29, 0.717) is 11.3 Å². The van der Waals surface area contributed by atoms with Crippen molar-refractivity contribution in [1.29, 1.82) is 0 Å². The van der Waals surface area contributed by atoms with Crippen LogP contribution in [0, 0.1) is 0 Å². The van der Waals surface area contributed by atoms with E-state index in [-0.39, 0.29) is 18.6 Å². The summed E-state index contributed by atoms with van der Waals surface area (Å²) in [6.07, 6.45) is 2.25. The van der Waals surface area contributed by atoms with Crippen molar-refractivity contribution in [1.82, 2.24) is 14.9 Å². The van der Waals surface area contributed by atoms with Crippen LogP contribution in [0.5, 0.6) is 0 Å². The van der Waals surface area contributed by atoms with Gasteiger partial charge in [0.2, 0.25) is 0 Å². The fourth-order valence-electron chi connectivity index (χ4n) is 2.09. The first kappa shape index (κ1) is 15.6. The van der Waals surface area contributed by atoms with E-state index >= 15 is 0 Å². The molecule has 112 valence electrons. The zero-order valence-corrected chi connectivity index (χ0v) is 12.8. The standard InChI is InChI=1S/C15H19N3O2S/c1-2-6-13-14(21-18-17-13)15(20)16-12(10-19)9-11-7-4-3-5-8-11/h3-5,7-8,12,19H,2,6,9-10H2,1H3,(H,16,20)/t12-/m1/s1. The third-order valence-corrected chi connectivity index (χ3v) is 3.90. The summed E-state index contributed by atoms with van der Waals surface area (Å²) < 4.78 is 3.85. The molecule has 0 aliphatic carbocycles. The Kier molecular flexibility index (Phi) is 5.83. The van der Waals surface area contributed by atoms with Crippen molar-refractivity contribution >= 4 is 17.4 Å². The molecule has 1 amide bonds. The lowest BCUT2D eigenvalue weighted by Crippen LogP contribution is -2.39. The molecule has 0 radical (unpaired) electrons. The molecule has 1 aromatic heterocycles. The highest BCUT2D eigenvalue weighted by molar-refractivity contribution is 7.08. The van der Waals surface area contributed by atoms with Crippen LogP contribution in [0.15, 0.2) is 30.3 Å². The van der Waals surface area contributed by atoms with Gasteiger partial charge in [-0.3, -0.25) is 4.79 Å². The highest BCUT2D eigenvalue weighted by Gasteiger charge is 2.19. The number of amides is 1. The molecule has 5 nitrogen and oxygen atoms in total. The van der Waals surface area contributed by atoms with E-state index in [0.717, 1.165) is 35.6 Å². The number of nitrogens with zero attached hydrogens (tertiary/aromatic N) is 2. The largest absolute Gasteiger partial charge is 0.394 e. The molecule has 2 aromatic rings. The second kappa shape index (κ2) is 7.85. The third-order valence-electron chi connectivity index (χ3n) is 3.13. The monoisotopic (exact) mass is 305 g/mol. The predicted molar refractivity (Wildman–Crippen MR) is 82.4 cm³/mol. The third kappa shape index (κ3) is 4.34. The highest BCUT2D eigenvalue weighted by Crippen LogP contribution is 2.13. The van der Waals surface area contributed by atoms with Crippen LogP contribution in [0.25, 0.3) is 0 Å². The van der Waals surface area contributed by atoms with Crippen LogP contribution in [-0.4, -0.2) is 33.2 Å². The Morgan fingerprint density at radius 1 is 1.38 bits per heavy atom. The summed E-state index contributed by atoms with van der Waals surface area (Å²) in [7, 11) is 0. The van der Waals surface area contributed by atoms with Gasteiger partial charge in [-0.2, -0.15) is 0 Å². The van der Waals surface area contributed by atoms with Crippen molar-refractivity contribution < 1.29 is 9.90 Å². The smallest absolute Gasteiger partial charge is 0.265 e. The van der Waals surface area contributed by atoms with Gasteiger partial charge < -0.3 is 10.4 Å². The average molecular weight is 305 g/mol. The van der Waals surface area contributed by atoms with Gasteiger partial charge in [-0.15, -0.1) is 5.10 Å². The van der Waals surface area contributed by atoms with E-state index in [9.17, 15) is 9.90 Å². The molecule has 2 N–H and O–H groups in total. The van der Waals surface area contributed by atoms with E-state index in [2.05, 4.69) is 14.9 Å². The zero-order valence-electron chi connectivity index (χ0n) is 12.0. The minimum Gasteiger partial charge on any atom is -0.394 e. The number of nitrogens with one attached hydrogen (secondary N) is 1. The van der Waals surface area contributed by atoms with Crippen molar-refractivity contribution in [3.63, 3.8) is 0 Å². The summed E-state index contributed by atoms with van der Waals surface area (Å²) >= 11 is 1.10. The van der Waals surface area contributed by atoms with Gasteiger partial charge in [-0.05, 0) is 29.9 Å². The maximum atomic E-state index is 12.3. The first-order chi connectivity index (χ1) is 10.2. The predicted octanol–water partition coefficient (Wildman–Crippen LogP) is 1.82. The topological polar surface area (TPSA) is 75.1 Å². The molecule has 2 rings (SSSR count). The number of benzene rings is 1. The van der Waals surface area contributed by atoms with E-state index < -0.39 is 0 Å². The summed E-state index contributed by atoms with van der Waals surface area (Å²) in [5.74, 6) is -0.205. The minimum absolute atomic E-state index is 0.101. The van der Waals surface area contributed by atoms with Gasteiger partial charge in [0.15, 0.2) is 0 Å². The van der Waals surface area contributed by atoms with Gasteiger partial charge >= 0.3 is 0 Å². The molecule has 0 aliphatic heterocycles. The molecular weight excluding hydrogens is 286 g/mol. The Bertz CT molecular complexity index is 571. The molecule has 0 bridgehead atoms. The van der Waals surface area contributed by atoms with Crippen molar-refractivity contribution in [3.8, 4) is 0 Å². The Labute approximate surface area is 128 Å². The Morgan fingerprint density at radius 2 is 2.14 bits per heavy atom. The molecule has 1 heterocycles. The van der Waals surface area contributed by atoms with Gasteiger partial charge in [0.25, 0.3) is 5.91 Å². The maximum Gasteiger partial charge on any atom is 0.265 e. The second-order valence-electron chi connectivity index (χ2n) is 4.84. The van der Waals surface area contributed by atoms with E-state index in [1.165, 1.54) is 0 Å². The zero-order chi connectivity index (χ0) is 15.1. The van der Waals surface area contributed by atoms with Crippen LogP contribution in [0.1, 0.15) is 34.3 Å². The SMILES string of the molecule is CCCc1nnsc1C(=O)N[C@@H](CO)Cc1ccccc1. The van der Waals surface area contributed by atoms with Crippen LogP contribution in [0.3, 0.4) is 0 Å². The van der Waals surface area contributed by atoms with Crippen molar-refractivity contribution in [2.75, 3.05) is 6.61 Å². The summed E-state index contributed by atoms with van der Waals surface area (Å²) in [6, 6.07) is 9.47. The number of rotatable bonds is 7. The number of aliphatic hydroxyl groups excluding tert-OH is 1. The number of carbonyl (C=O) groups is 1. The van der Waals surface area contributed by atoms with E-state index in [1.54, 1.807) is 0 Å². The number of aliphatic hydroxyl groups is 1. The molecule has 21 heavy (non-hydrogen) atoms. The van der Waals surface area contributed by atoms with Crippen LogP contribution in [-0.2, 0) is 12.8 Å². The maximum absolute atomic E-state index is 12.3. The van der Waals surface area contributed by atoms with Gasteiger partial charge in [0.1, 0.15) is 4.88 Å². The molecule has 1 atom stereocenters. The summed E-state index contributed by atoms with van der Waals surface area (Å²) in [5, 5.41) is 16.3. The summed E-state index contributed by atoms with van der Waals surface area (Å²) in [5.41, 5.74) is 1.81. The summed E-state index contributed by atoms with van der Waals surface area (Å²) in [4.78, 5) is 12.8. The molecular formula is C15H19N3O2S. The van der Waals surface area contributed by atoms with E-state index in [4.69, 9.17) is 0 Å². The minimum atomic E-state index is -0.309. The van der Waals surface area contributed by atoms with Gasteiger partial charge in [-0.25, -0.2) is 0 Å². The molecule has 0 aliphatic rings. The fourth-order valence-corrected chi connectivity index (χ4v) is 2.70. The normalized spacial score (nSPS) is 12.1. The second-order valence-corrected chi connectivity index (χ2v) is 5.60. The van der Waals surface area contributed by atoms with Crippen LogP contribution in [0.4, 0.5) is 0 Å². The lowest BCUT2D eigenvalue weighted by atomic mass is 10.1. The average Bonchev–Trinajstić information content (AvgIpc) is 2.96. The van der Waals surface area contributed by atoms with Crippen molar-refractivity contribution in [2.45, 2.75) is 32.2 Å². The number of aryl methyl sites for hydroxylation is 1. The van der Waals surface area contributed by atoms with E-state index in [1.807, 2.05) is 37.3 Å². The molecule has 0 fully saturated rings. The van der Waals surface area contributed by atoms with Gasteiger partial charge in [0.05, 0.1) is 18.3 Å². The quantitative estimate of drug-likeness (QED) is 0.818. The van der Waals surface area contributed by atoms with Gasteiger partial charge in [0, 0.05) is 0 Å². The fraction of sp³-hybridized carbons (Fsp3) is 0.400. The lowest BCUT2D eigenvalue weighted by Gasteiger charge is -2.16. The molecule has 0 saturated carbocycles. The molecule has 1 aromatic carbocycles. The number of hydrogen-bond acceptors (Lipinski definition) is 5. The highest BCUT2D eigenvalue weighted by atomic mass is 32.1. The molecule has 0 unspecified atom stereocenters. The van der Waals surface area contributed by atoms with Crippen LogP contribution >= 0.6 is 11.5 Å². The van der Waals surface area contributed by atoms with Crippen LogP contribution < -0.4 is 5.32 Å². The molecule has 0 spiro atoms. The Morgan fingerprint density at radius 3 is 2.81 bits per heavy atom. The Hall–Kier alpha value is -1.79. The molecule has 6 heteroatoms. The first-order valence-corrected chi connectivity index (χ1v) is 7.78. The van der Waals surface area contributed by atoms with Crippen LogP contribution in [0.2, 0.25) is 0 Å². The van der Waals surface area contributed by atoms with Gasteiger partial charge in [-0.1, -0.05) is 48.2 Å². The number of hydrogen-bond donors (Lipinski definition) is 2. The van der Waals surface area contributed by atoms with Crippen molar-refractivity contribution in [3.05, 3.63) is 46.5 Å². The first-order valence-electron chi connectivity index (χ1n) is 7.01.